The van der Waals surface area contributed by atoms with Crippen LogP contribution in [0.15, 0.2) is 35.7 Å². The van der Waals surface area contributed by atoms with E-state index < -0.39 is 0 Å². The first kappa shape index (κ1) is 12.8. The van der Waals surface area contributed by atoms with Gasteiger partial charge in [-0.1, -0.05) is 6.07 Å². The highest BCUT2D eigenvalue weighted by molar-refractivity contribution is 7.10. The molecular formula is C14H17NO2S. The lowest BCUT2D eigenvalue weighted by Crippen LogP contribution is -2.06. The average molecular weight is 263 g/mol. The SMILES string of the molecule is COc1ccc(OC)c(NC(C)c2cccs2)c1. The summed E-state index contributed by atoms with van der Waals surface area (Å²) in [6.07, 6.45) is 0. The van der Waals surface area contributed by atoms with Crippen LogP contribution in [0.5, 0.6) is 11.5 Å². The van der Waals surface area contributed by atoms with Crippen LogP contribution in [-0.2, 0) is 0 Å². The maximum Gasteiger partial charge on any atom is 0.142 e. The van der Waals surface area contributed by atoms with Crippen LogP contribution < -0.4 is 14.8 Å². The molecule has 1 aromatic heterocycles. The lowest BCUT2D eigenvalue weighted by atomic mass is 10.2. The number of nitrogens with one attached hydrogen (secondary N) is 1. The zero-order chi connectivity index (χ0) is 13.0. The number of ether oxygens (including phenoxy) is 2. The molecule has 96 valence electrons. The van der Waals surface area contributed by atoms with Crippen molar-refractivity contribution in [1.29, 1.82) is 0 Å². The third kappa shape index (κ3) is 2.76. The monoisotopic (exact) mass is 263 g/mol. The molecule has 0 amide bonds. The molecule has 0 saturated carbocycles. The van der Waals surface area contributed by atoms with E-state index >= 15 is 0 Å². The Morgan fingerprint density at radius 2 is 2.00 bits per heavy atom. The summed E-state index contributed by atoms with van der Waals surface area (Å²) in [7, 11) is 3.33. The number of thiophene rings is 1. The average Bonchev–Trinajstić information content (AvgIpc) is 2.92. The Kier molecular flexibility index (Phi) is 4.10. The fourth-order valence-corrected chi connectivity index (χ4v) is 2.50. The fraction of sp³-hybridized carbons (Fsp3) is 0.286. The summed E-state index contributed by atoms with van der Waals surface area (Å²) in [5.41, 5.74) is 0.942. The third-order valence-corrected chi connectivity index (χ3v) is 3.80. The Balaban J connectivity index is 2.21. The van der Waals surface area contributed by atoms with Crippen molar-refractivity contribution in [3.63, 3.8) is 0 Å². The standard InChI is InChI=1S/C14H17NO2S/c1-10(14-5-4-8-18-14)15-12-9-11(16-2)6-7-13(12)17-3/h4-10,15H,1-3H3. The highest BCUT2D eigenvalue weighted by Gasteiger charge is 2.10. The summed E-state index contributed by atoms with van der Waals surface area (Å²) < 4.78 is 10.6. The molecule has 0 aliphatic rings. The summed E-state index contributed by atoms with van der Waals surface area (Å²) in [6, 6.07) is 10.2. The van der Waals surface area contributed by atoms with Gasteiger partial charge in [0.2, 0.25) is 0 Å². The number of anilines is 1. The van der Waals surface area contributed by atoms with Gasteiger partial charge in [-0.25, -0.2) is 0 Å². The predicted octanol–water partition coefficient (Wildman–Crippen LogP) is 3.94. The maximum atomic E-state index is 5.35. The van der Waals surface area contributed by atoms with E-state index in [-0.39, 0.29) is 6.04 Å². The Bertz CT molecular complexity index is 497. The van der Waals surface area contributed by atoms with E-state index in [0.717, 1.165) is 17.2 Å². The molecule has 0 fully saturated rings. The van der Waals surface area contributed by atoms with Crippen molar-refractivity contribution in [1.82, 2.24) is 0 Å². The van der Waals surface area contributed by atoms with Gasteiger partial charge in [0.1, 0.15) is 11.5 Å². The minimum atomic E-state index is 0.242. The molecule has 4 heteroatoms. The minimum absolute atomic E-state index is 0.242. The predicted molar refractivity (Wildman–Crippen MR) is 75.9 cm³/mol. The zero-order valence-corrected chi connectivity index (χ0v) is 11.6. The quantitative estimate of drug-likeness (QED) is 0.886. The van der Waals surface area contributed by atoms with Crippen LogP contribution in [0.1, 0.15) is 17.8 Å². The molecule has 1 atom stereocenters. The van der Waals surface area contributed by atoms with Crippen molar-refractivity contribution >= 4 is 17.0 Å². The molecule has 0 radical (unpaired) electrons. The van der Waals surface area contributed by atoms with E-state index in [1.54, 1.807) is 25.6 Å². The molecule has 1 heterocycles. The van der Waals surface area contributed by atoms with Crippen LogP contribution in [0, 0.1) is 0 Å². The van der Waals surface area contributed by atoms with Crippen LogP contribution in [-0.4, -0.2) is 14.2 Å². The Labute approximate surface area is 111 Å². The first-order valence-electron chi connectivity index (χ1n) is 5.76. The van der Waals surface area contributed by atoms with Crippen molar-refractivity contribution in [2.75, 3.05) is 19.5 Å². The topological polar surface area (TPSA) is 30.5 Å². The van der Waals surface area contributed by atoms with Gasteiger partial charge in [0, 0.05) is 10.9 Å². The maximum absolute atomic E-state index is 5.35. The second kappa shape index (κ2) is 5.78. The van der Waals surface area contributed by atoms with Crippen LogP contribution >= 0.6 is 11.3 Å². The minimum Gasteiger partial charge on any atom is -0.497 e. The molecule has 0 saturated heterocycles. The number of hydrogen-bond donors (Lipinski definition) is 1. The van der Waals surface area contributed by atoms with Crippen molar-refractivity contribution in [3.05, 3.63) is 40.6 Å². The van der Waals surface area contributed by atoms with Gasteiger partial charge in [0.15, 0.2) is 0 Å². The molecule has 1 N–H and O–H groups in total. The van der Waals surface area contributed by atoms with Gasteiger partial charge in [0.05, 0.1) is 25.9 Å². The first-order chi connectivity index (χ1) is 8.74. The van der Waals surface area contributed by atoms with E-state index in [0.29, 0.717) is 0 Å². The Morgan fingerprint density at radius 1 is 1.17 bits per heavy atom. The summed E-state index contributed by atoms with van der Waals surface area (Å²) in [4.78, 5) is 1.29. The summed E-state index contributed by atoms with van der Waals surface area (Å²) in [5, 5.41) is 5.52. The van der Waals surface area contributed by atoms with Crippen molar-refractivity contribution in [2.45, 2.75) is 13.0 Å². The van der Waals surface area contributed by atoms with Gasteiger partial charge in [-0.3, -0.25) is 0 Å². The van der Waals surface area contributed by atoms with E-state index in [1.165, 1.54) is 4.88 Å². The fourth-order valence-electron chi connectivity index (χ4n) is 1.77. The van der Waals surface area contributed by atoms with Crippen molar-refractivity contribution in [3.8, 4) is 11.5 Å². The summed E-state index contributed by atoms with van der Waals surface area (Å²) in [6.45, 7) is 2.13. The van der Waals surface area contributed by atoms with Gasteiger partial charge >= 0.3 is 0 Å². The van der Waals surface area contributed by atoms with Crippen molar-refractivity contribution < 1.29 is 9.47 Å². The molecule has 0 spiro atoms. The molecular weight excluding hydrogens is 246 g/mol. The zero-order valence-electron chi connectivity index (χ0n) is 10.8. The number of benzene rings is 1. The highest BCUT2D eigenvalue weighted by Crippen LogP contribution is 2.32. The van der Waals surface area contributed by atoms with Gasteiger partial charge < -0.3 is 14.8 Å². The lowest BCUT2D eigenvalue weighted by molar-refractivity contribution is 0.404. The van der Waals surface area contributed by atoms with Gasteiger partial charge in [-0.15, -0.1) is 11.3 Å². The lowest BCUT2D eigenvalue weighted by Gasteiger charge is -2.17. The van der Waals surface area contributed by atoms with Crippen LogP contribution in [0.4, 0.5) is 5.69 Å². The highest BCUT2D eigenvalue weighted by atomic mass is 32.1. The van der Waals surface area contributed by atoms with E-state index in [4.69, 9.17) is 9.47 Å². The van der Waals surface area contributed by atoms with E-state index in [2.05, 4.69) is 29.8 Å². The number of hydrogen-bond acceptors (Lipinski definition) is 4. The summed E-state index contributed by atoms with van der Waals surface area (Å²) in [5.74, 6) is 1.64. The Hall–Kier alpha value is -1.68. The van der Waals surface area contributed by atoms with Gasteiger partial charge in [-0.05, 0) is 30.5 Å². The molecule has 0 bridgehead atoms. The normalized spacial score (nSPS) is 11.9. The second-order valence-corrected chi connectivity index (χ2v) is 4.93. The third-order valence-electron chi connectivity index (χ3n) is 2.75. The summed E-state index contributed by atoms with van der Waals surface area (Å²) >= 11 is 1.74. The Morgan fingerprint density at radius 3 is 2.61 bits per heavy atom. The number of rotatable bonds is 5. The second-order valence-electron chi connectivity index (χ2n) is 3.95. The molecule has 0 aliphatic heterocycles. The molecule has 18 heavy (non-hydrogen) atoms. The van der Waals surface area contributed by atoms with Crippen molar-refractivity contribution in [2.24, 2.45) is 0 Å². The smallest absolute Gasteiger partial charge is 0.142 e. The molecule has 2 rings (SSSR count). The van der Waals surface area contributed by atoms with E-state index in [9.17, 15) is 0 Å². The van der Waals surface area contributed by atoms with Gasteiger partial charge in [0.25, 0.3) is 0 Å². The largest absolute Gasteiger partial charge is 0.497 e. The van der Waals surface area contributed by atoms with Crippen LogP contribution in [0.2, 0.25) is 0 Å². The molecule has 1 unspecified atom stereocenters. The number of methoxy groups -OCH3 is 2. The van der Waals surface area contributed by atoms with Gasteiger partial charge in [-0.2, -0.15) is 0 Å². The molecule has 3 nitrogen and oxygen atoms in total. The van der Waals surface area contributed by atoms with Crippen LogP contribution in [0.3, 0.4) is 0 Å². The van der Waals surface area contributed by atoms with E-state index in [1.807, 2.05) is 18.2 Å². The first-order valence-corrected chi connectivity index (χ1v) is 6.64. The molecule has 2 aromatic rings. The molecule has 0 aliphatic carbocycles. The molecule has 1 aromatic carbocycles. The van der Waals surface area contributed by atoms with Crippen LogP contribution in [0.25, 0.3) is 0 Å².